The molecule has 160 valence electrons. The molecule has 32 heavy (non-hydrogen) atoms. The van der Waals surface area contributed by atoms with Crippen molar-refractivity contribution in [2.45, 2.75) is 31.2 Å². The summed E-state index contributed by atoms with van der Waals surface area (Å²) >= 11 is 0. The minimum atomic E-state index is -0.406. The van der Waals surface area contributed by atoms with Crippen molar-refractivity contribution in [3.05, 3.63) is 101 Å². The van der Waals surface area contributed by atoms with Crippen molar-refractivity contribution in [2.24, 2.45) is 0 Å². The Morgan fingerprint density at radius 1 is 1.00 bits per heavy atom. The molecule has 3 aromatic rings. The van der Waals surface area contributed by atoms with E-state index in [-0.39, 0.29) is 11.8 Å². The van der Waals surface area contributed by atoms with Crippen molar-refractivity contribution >= 4 is 23.6 Å². The maximum atomic E-state index is 13.1. The Labute approximate surface area is 187 Å². The highest BCUT2D eigenvalue weighted by Crippen LogP contribution is 2.49. The third kappa shape index (κ3) is 4.06. The number of carbonyl (C=O) groups excluding carboxylic acids is 2. The molecule has 0 saturated heterocycles. The molecular formula is C27H25N3O2. The standard InChI is InChI=1S/C27H25N3O2/c31-25(11-8-20-5-4-15-28-18-20)30-16-12-21-9-10-24(17-22(21)19-30)29-26(32)27(13-14-27)23-6-2-1-3-7-23/h1-11,15,17-18H,12-14,16,19H2,(H,29,32)/b11-8+. The quantitative estimate of drug-likeness (QED) is 0.621. The van der Waals surface area contributed by atoms with Gasteiger partial charge in [0.05, 0.1) is 5.41 Å². The van der Waals surface area contributed by atoms with Crippen LogP contribution in [-0.2, 0) is 28.0 Å². The number of aromatic nitrogens is 1. The van der Waals surface area contributed by atoms with E-state index in [9.17, 15) is 9.59 Å². The zero-order valence-electron chi connectivity index (χ0n) is 17.8. The Morgan fingerprint density at radius 2 is 1.84 bits per heavy atom. The summed E-state index contributed by atoms with van der Waals surface area (Å²) in [4.78, 5) is 31.7. The lowest BCUT2D eigenvalue weighted by Gasteiger charge is -2.28. The molecular weight excluding hydrogens is 398 g/mol. The lowest BCUT2D eigenvalue weighted by Crippen LogP contribution is -2.35. The average Bonchev–Trinajstić information content (AvgIpc) is 3.66. The van der Waals surface area contributed by atoms with Crippen LogP contribution in [0, 0.1) is 0 Å². The number of anilines is 1. The molecule has 1 N–H and O–H groups in total. The zero-order chi connectivity index (χ0) is 22.0. The molecule has 0 atom stereocenters. The van der Waals surface area contributed by atoms with E-state index in [2.05, 4.69) is 16.4 Å². The summed E-state index contributed by atoms with van der Waals surface area (Å²) in [6.45, 7) is 1.23. The number of nitrogens with zero attached hydrogens (tertiary/aromatic N) is 2. The van der Waals surface area contributed by atoms with Crippen molar-refractivity contribution in [3.63, 3.8) is 0 Å². The highest BCUT2D eigenvalue weighted by atomic mass is 16.2. The number of fused-ring (bicyclic) bond motifs is 1. The number of amides is 2. The van der Waals surface area contributed by atoms with E-state index < -0.39 is 5.41 Å². The molecule has 1 aromatic heterocycles. The molecule has 2 aliphatic rings. The van der Waals surface area contributed by atoms with Gasteiger partial charge in [-0.1, -0.05) is 42.5 Å². The maximum Gasteiger partial charge on any atom is 0.246 e. The number of pyridine rings is 1. The van der Waals surface area contributed by atoms with Crippen LogP contribution < -0.4 is 5.32 Å². The van der Waals surface area contributed by atoms with Gasteiger partial charge >= 0.3 is 0 Å². The minimum Gasteiger partial charge on any atom is -0.334 e. The second-order valence-electron chi connectivity index (χ2n) is 8.52. The maximum absolute atomic E-state index is 13.1. The fraction of sp³-hybridized carbons (Fsp3) is 0.222. The van der Waals surface area contributed by atoms with E-state index in [4.69, 9.17) is 0 Å². The molecule has 2 heterocycles. The minimum absolute atomic E-state index is 0.0186. The van der Waals surface area contributed by atoms with Crippen molar-refractivity contribution in [1.29, 1.82) is 0 Å². The van der Waals surface area contributed by atoms with Gasteiger partial charge in [0.1, 0.15) is 0 Å². The first-order chi connectivity index (χ1) is 15.6. The Morgan fingerprint density at radius 3 is 2.59 bits per heavy atom. The number of benzene rings is 2. The third-order valence-electron chi connectivity index (χ3n) is 6.40. The summed E-state index contributed by atoms with van der Waals surface area (Å²) < 4.78 is 0. The van der Waals surface area contributed by atoms with Crippen LogP contribution in [0.4, 0.5) is 5.69 Å². The van der Waals surface area contributed by atoms with Crippen molar-refractivity contribution in [2.75, 3.05) is 11.9 Å². The highest BCUT2D eigenvalue weighted by molar-refractivity contribution is 6.01. The number of hydrogen-bond donors (Lipinski definition) is 1. The first kappa shape index (κ1) is 20.2. The van der Waals surface area contributed by atoms with Crippen LogP contribution in [-0.4, -0.2) is 28.2 Å². The number of rotatable bonds is 5. The monoisotopic (exact) mass is 423 g/mol. The first-order valence-electron chi connectivity index (χ1n) is 11.0. The van der Waals surface area contributed by atoms with Crippen LogP contribution in [0.5, 0.6) is 0 Å². The third-order valence-corrected chi connectivity index (χ3v) is 6.40. The van der Waals surface area contributed by atoms with E-state index in [1.165, 1.54) is 5.56 Å². The van der Waals surface area contributed by atoms with Gasteiger partial charge in [0.25, 0.3) is 0 Å². The summed E-state index contributed by atoms with van der Waals surface area (Å²) in [6.07, 6.45) is 9.39. The summed E-state index contributed by atoms with van der Waals surface area (Å²) in [7, 11) is 0. The zero-order valence-corrected chi connectivity index (χ0v) is 17.8. The Kier molecular flexibility index (Phi) is 5.31. The first-order valence-corrected chi connectivity index (χ1v) is 11.0. The molecule has 2 amide bonds. The fourth-order valence-electron chi connectivity index (χ4n) is 4.35. The normalized spacial score (nSPS) is 16.4. The SMILES string of the molecule is O=C(/C=C/c1cccnc1)N1CCc2ccc(NC(=O)C3(c4ccccc4)CC3)cc2C1. The number of hydrogen-bond acceptors (Lipinski definition) is 3. The Balaban J connectivity index is 1.27. The van der Waals surface area contributed by atoms with E-state index in [1.807, 2.05) is 59.5 Å². The number of carbonyl (C=O) groups is 2. The smallest absolute Gasteiger partial charge is 0.246 e. The average molecular weight is 424 g/mol. The van der Waals surface area contributed by atoms with E-state index in [0.717, 1.165) is 41.6 Å². The van der Waals surface area contributed by atoms with E-state index in [1.54, 1.807) is 24.5 Å². The van der Waals surface area contributed by atoms with Gasteiger partial charge in [-0.3, -0.25) is 14.6 Å². The van der Waals surface area contributed by atoms with Crippen molar-refractivity contribution in [1.82, 2.24) is 9.88 Å². The van der Waals surface area contributed by atoms with Gasteiger partial charge in [0.2, 0.25) is 11.8 Å². The van der Waals surface area contributed by atoms with Gasteiger partial charge in [-0.05, 0) is 65.8 Å². The Hall–Kier alpha value is -3.73. The van der Waals surface area contributed by atoms with Gasteiger partial charge in [0.15, 0.2) is 0 Å². The summed E-state index contributed by atoms with van der Waals surface area (Å²) in [5.74, 6) is 0.0294. The lowest BCUT2D eigenvalue weighted by molar-refractivity contribution is -0.126. The van der Waals surface area contributed by atoms with Crippen LogP contribution >= 0.6 is 0 Å². The van der Waals surface area contributed by atoms with Gasteiger partial charge in [-0.25, -0.2) is 0 Å². The van der Waals surface area contributed by atoms with Crippen LogP contribution in [0.25, 0.3) is 6.08 Å². The predicted molar refractivity (Wildman–Crippen MR) is 125 cm³/mol. The largest absolute Gasteiger partial charge is 0.334 e. The van der Waals surface area contributed by atoms with Crippen LogP contribution in [0.3, 0.4) is 0 Å². The lowest BCUT2D eigenvalue weighted by atomic mass is 9.94. The molecule has 0 bridgehead atoms. The van der Waals surface area contributed by atoms with Gasteiger partial charge in [-0.15, -0.1) is 0 Å². The van der Waals surface area contributed by atoms with Crippen LogP contribution in [0.15, 0.2) is 79.1 Å². The molecule has 5 heteroatoms. The molecule has 2 aromatic carbocycles. The van der Waals surface area contributed by atoms with Gasteiger partial charge < -0.3 is 10.2 Å². The fourth-order valence-corrected chi connectivity index (χ4v) is 4.35. The Bertz CT molecular complexity index is 1170. The molecule has 1 aliphatic heterocycles. The van der Waals surface area contributed by atoms with Gasteiger partial charge in [0, 0.05) is 37.2 Å². The second-order valence-corrected chi connectivity index (χ2v) is 8.52. The summed E-state index contributed by atoms with van der Waals surface area (Å²) in [5.41, 5.74) is 4.67. The summed E-state index contributed by atoms with van der Waals surface area (Å²) in [5, 5.41) is 3.12. The molecule has 0 spiro atoms. The number of nitrogens with one attached hydrogen (secondary N) is 1. The van der Waals surface area contributed by atoms with Crippen molar-refractivity contribution in [3.8, 4) is 0 Å². The molecule has 5 rings (SSSR count). The molecule has 1 saturated carbocycles. The van der Waals surface area contributed by atoms with E-state index >= 15 is 0 Å². The molecule has 0 radical (unpaired) electrons. The van der Waals surface area contributed by atoms with Crippen molar-refractivity contribution < 1.29 is 9.59 Å². The molecule has 1 aliphatic carbocycles. The summed E-state index contributed by atoms with van der Waals surface area (Å²) in [6, 6.07) is 19.8. The molecule has 1 fully saturated rings. The predicted octanol–water partition coefficient (Wildman–Crippen LogP) is 4.35. The topological polar surface area (TPSA) is 62.3 Å². The van der Waals surface area contributed by atoms with Crippen LogP contribution in [0.1, 0.15) is 35.1 Å². The van der Waals surface area contributed by atoms with E-state index in [0.29, 0.717) is 13.1 Å². The second kappa shape index (κ2) is 8.42. The molecule has 0 unspecified atom stereocenters. The highest BCUT2D eigenvalue weighted by Gasteiger charge is 2.51. The molecule has 5 nitrogen and oxygen atoms in total. The van der Waals surface area contributed by atoms with Crippen LogP contribution in [0.2, 0.25) is 0 Å². The van der Waals surface area contributed by atoms with Gasteiger partial charge in [-0.2, -0.15) is 0 Å².